The van der Waals surface area contributed by atoms with Gasteiger partial charge in [0.15, 0.2) is 6.10 Å². The maximum absolute atomic E-state index is 11.7. The smallest absolute Gasteiger partial charge is 0.260 e. The Morgan fingerprint density at radius 1 is 1.53 bits per heavy atom. The standard InChI is InChI=1S/C13H18BrNO2/c1-3-4-8-15-13(16)10(2)17-12-7-5-6-11(14)9-12/h5-7,9-10H,3-4,8H2,1-2H3,(H,15,16). The van der Waals surface area contributed by atoms with E-state index in [0.29, 0.717) is 12.3 Å². The Balaban J connectivity index is 2.43. The first-order valence-electron chi connectivity index (χ1n) is 5.83. The van der Waals surface area contributed by atoms with E-state index in [-0.39, 0.29) is 5.91 Å². The minimum atomic E-state index is -0.471. The molecule has 94 valence electrons. The van der Waals surface area contributed by atoms with E-state index >= 15 is 0 Å². The first-order chi connectivity index (χ1) is 8.13. The molecule has 1 aromatic rings. The van der Waals surface area contributed by atoms with Gasteiger partial charge in [0, 0.05) is 11.0 Å². The number of carbonyl (C=O) groups is 1. The molecule has 1 amide bonds. The van der Waals surface area contributed by atoms with E-state index in [1.807, 2.05) is 24.3 Å². The van der Waals surface area contributed by atoms with Crippen molar-refractivity contribution in [3.63, 3.8) is 0 Å². The van der Waals surface area contributed by atoms with Crippen molar-refractivity contribution in [3.05, 3.63) is 28.7 Å². The van der Waals surface area contributed by atoms with E-state index in [4.69, 9.17) is 4.74 Å². The summed E-state index contributed by atoms with van der Waals surface area (Å²) < 4.78 is 6.48. The molecule has 0 spiro atoms. The molecule has 4 heteroatoms. The van der Waals surface area contributed by atoms with Crippen molar-refractivity contribution in [2.45, 2.75) is 32.8 Å². The molecule has 3 nitrogen and oxygen atoms in total. The van der Waals surface area contributed by atoms with E-state index < -0.39 is 6.10 Å². The molecular weight excluding hydrogens is 282 g/mol. The van der Waals surface area contributed by atoms with E-state index in [9.17, 15) is 4.79 Å². The summed E-state index contributed by atoms with van der Waals surface area (Å²) in [4.78, 5) is 11.7. The van der Waals surface area contributed by atoms with Gasteiger partial charge in [-0.2, -0.15) is 0 Å². The number of halogens is 1. The van der Waals surface area contributed by atoms with Crippen LogP contribution >= 0.6 is 15.9 Å². The fraction of sp³-hybridized carbons (Fsp3) is 0.462. The van der Waals surface area contributed by atoms with Gasteiger partial charge in [-0.15, -0.1) is 0 Å². The van der Waals surface area contributed by atoms with Crippen LogP contribution in [0.15, 0.2) is 28.7 Å². The van der Waals surface area contributed by atoms with Crippen LogP contribution in [-0.4, -0.2) is 18.6 Å². The molecule has 0 bridgehead atoms. The second-order valence-corrected chi connectivity index (χ2v) is 4.78. The lowest BCUT2D eigenvalue weighted by Crippen LogP contribution is -2.36. The fourth-order valence-corrected chi connectivity index (χ4v) is 1.71. The summed E-state index contributed by atoms with van der Waals surface area (Å²) in [5.74, 6) is 0.621. The summed E-state index contributed by atoms with van der Waals surface area (Å²) in [6.07, 6.45) is 1.59. The van der Waals surface area contributed by atoms with Crippen molar-refractivity contribution >= 4 is 21.8 Å². The molecule has 0 aliphatic rings. The van der Waals surface area contributed by atoms with Crippen molar-refractivity contribution in [1.29, 1.82) is 0 Å². The molecule has 0 aliphatic heterocycles. The highest BCUT2D eigenvalue weighted by atomic mass is 79.9. The Kier molecular flexibility index (Phi) is 6.05. The molecule has 0 radical (unpaired) electrons. The van der Waals surface area contributed by atoms with Crippen LogP contribution in [0.3, 0.4) is 0 Å². The number of nitrogens with one attached hydrogen (secondary N) is 1. The maximum Gasteiger partial charge on any atom is 0.260 e. The van der Waals surface area contributed by atoms with Gasteiger partial charge < -0.3 is 10.1 Å². The van der Waals surface area contributed by atoms with Crippen LogP contribution in [0.4, 0.5) is 0 Å². The molecule has 0 saturated heterocycles. The quantitative estimate of drug-likeness (QED) is 0.820. The summed E-state index contributed by atoms with van der Waals surface area (Å²) >= 11 is 3.36. The summed E-state index contributed by atoms with van der Waals surface area (Å²) in [6.45, 7) is 4.55. The van der Waals surface area contributed by atoms with Gasteiger partial charge in [0.05, 0.1) is 0 Å². The SMILES string of the molecule is CCCCNC(=O)C(C)Oc1cccc(Br)c1. The van der Waals surface area contributed by atoms with Crippen LogP contribution in [0.1, 0.15) is 26.7 Å². The number of benzene rings is 1. The van der Waals surface area contributed by atoms with Crippen LogP contribution < -0.4 is 10.1 Å². The highest BCUT2D eigenvalue weighted by Crippen LogP contribution is 2.18. The van der Waals surface area contributed by atoms with Crippen molar-refractivity contribution in [2.24, 2.45) is 0 Å². The van der Waals surface area contributed by atoms with Gasteiger partial charge in [0.25, 0.3) is 5.91 Å². The molecule has 0 fully saturated rings. The van der Waals surface area contributed by atoms with Gasteiger partial charge in [-0.1, -0.05) is 35.3 Å². The predicted molar refractivity (Wildman–Crippen MR) is 72.1 cm³/mol. The monoisotopic (exact) mass is 299 g/mol. The number of rotatable bonds is 6. The van der Waals surface area contributed by atoms with Crippen LogP contribution in [0.25, 0.3) is 0 Å². The molecule has 1 N–H and O–H groups in total. The molecule has 1 aromatic carbocycles. The van der Waals surface area contributed by atoms with Crippen molar-refractivity contribution < 1.29 is 9.53 Å². The molecular formula is C13H18BrNO2. The number of hydrogen-bond donors (Lipinski definition) is 1. The number of ether oxygens (including phenoxy) is 1. The van der Waals surface area contributed by atoms with Crippen molar-refractivity contribution in [3.8, 4) is 5.75 Å². The van der Waals surface area contributed by atoms with E-state index in [1.54, 1.807) is 6.92 Å². The van der Waals surface area contributed by atoms with Gasteiger partial charge in [0.2, 0.25) is 0 Å². The second-order valence-electron chi connectivity index (χ2n) is 3.86. The fourth-order valence-electron chi connectivity index (χ4n) is 1.33. The predicted octanol–water partition coefficient (Wildman–Crippen LogP) is 3.13. The highest BCUT2D eigenvalue weighted by molar-refractivity contribution is 9.10. The normalized spacial score (nSPS) is 11.9. The van der Waals surface area contributed by atoms with Crippen LogP contribution in [0.2, 0.25) is 0 Å². The third kappa shape index (κ3) is 5.22. The number of unbranched alkanes of at least 4 members (excludes halogenated alkanes) is 1. The lowest BCUT2D eigenvalue weighted by Gasteiger charge is -2.14. The third-order valence-corrected chi connectivity index (χ3v) is 2.80. The average Bonchev–Trinajstić information content (AvgIpc) is 2.29. The molecule has 0 aliphatic carbocycles. The lowest BCUT2D eigenvalue weighted by molar-refractivity contribution is -0.127. The zero-order valence-corrected chi connectivity index (χ0v) is 11.8. The zero-order chi connectivity index (χ0) is 12.7. The molecule has 1 unspecified atom stereocenters. The van der Waals surface area contributed by atoms with E-state index in [0.717, 1.165) is 17.3 Å². The van der Waals surface area contributed by atoms with Gasteiger partial charge in [-0.05, 0) is 31.5 Å². The van der Waals surface area contributed by atoms with Crippen LogP contribution in [0, 0.1) is 0 Å². The Hall–Kier alpha value is -1.03. The van der Waals surface area contributed by atoms with Gasteiger partial charge in [0.1, 0.15) is 5.75 Å². The molecule has 0 heterocycles. The Morgan fingerprint density at radius 2 is 2.29 bits per heavy atom. The summed E-state index contributed by atoms with van der Waals surface area (Å²) in [5, 5.41) is 2.84. The molecule has 1 atom stereocenters. The number of amides is 1. The maximum atomic E-state index is 11.7. The number of hydrogen-bond acceptors (Lipinski definition) is 2. The van der Waals surface area contributed by atoms with Gasteiger partial charge >= 0.3 is 0 Å². The van der Waals surface area contributed by atoms with Crippen molar-refractivity contribution in [2.75, 3.05) is 6.54 Å². The first kappa shape index (κ1) is 14.0. The minimum absolute atomic E-state index is 0.0709. The summed E-state index contributed by atoms with van der Waals surface area (Å²) in [5.41, 5.74) is 0. The van der Waals surface area contributed by atoms with E-state index in [2.05, 4.69) is 28.2 Å². The Labute approximate surface area is 111 Å². The first-order valence-corrected chi connectivity index (χ1v) is 6.62. The van der Waals surface area contributed by atoms with Crippen LogP contribution in [0.5, 0.6) is 5.75 Å². The molecule has 0 saturated carbocycles. The average molecular weight is 300 g/mol. The van der Waals surface area contributed by atoms with Gasteiger partial charge in [-0.25, -0.2) is 0 Å². The summed E-state index contributed by atoms with van der Waals surface area (Å²) in [7, 11) is 0. The van der Waals surface area contributed by atoms with E-state index in [1.165, 1.54) is 0 Å². The highest BCUT2D eigenvalue weighted by Gasteiger charge is 2.13. The zero-order valence-electron chi connectivity index (χ0n) is 10.2. The molecule has 0 aromatic heterocycles. The third-order valence-electron chi connectivity index (χ3n) is 2.31. The minimum Gasteiger partial charge on any atom is -0.481 e. The molecule has 1 rings (SSSR count). The van der Waals surface area contributed by atoms with Crippen molar-refractivity contribution in [1.82, 2.24) is 5.32 Å². The van der Waals surface area contributed by atoms with Gasteiger partial charge in [-0.3, -0.25) is 4.79 Å². The molecule has 17 heavy (non-hydrogen) atoms. The lowest BCUT2D eigenvalue weighted by atomic mass is 10.3. The topological polar surface area (TPSA) is 38.3 Å². The Bertz CT molecular complexity index is 368. The largest absolute Gasteiger partial charge is 0.481 e. The second kappa shape index (κ2) is 7.33. The summed E-state index contributed by atoms with van der Waals surface area (Å²) in [6, 6.07) is 7.47. The number of carbonyl (C=O) groups excluding carboxylic acids is 1. The van der Waals surface area contributed by atoms with Crippen LogP contribution in [-0.2, 0) is 4.79 Å². The Morgan fingerprint density at radius 3 is 2.94 bits per heavy atom.